The predicted molar refractivity (Wildman–Crippen MR) is 71.5 cm³/mol. The van der Waals surface area contributed by atoms with Gasteiger partial charge in [-0.15, -0.1) is 0 Å². The van der Waals surface area contributed by atoms with Gasteiger partial charge in [-0.2, -0.15) is 5.10 Å². The fourth-order valence-corrected chi connectivity index (χ4v) is 1.89. The van der Waals surface area contributed by atoms with Crippen LogP contribution >= 0.6 is 0 Å². The largest absolute Gasteiger partial charge is 0.324 e. The van der Waals surface area contributed by atoms with E-state index in [-0.39, 0.29) is 12.5 Å². The molecule has 0 spiro atoms. The molecule has 1 N–H and O–H groups in total. The summed E-state index contributed by atoms with van der Waals surface area (Å²) in [4.78, 5) is 12.0. The Balaban J connectivity index is 2.10. The van der Waals surface area contributed by atoms with Crippen LogP contribution in [0.4, 0.5) is 5.69 Å². The van der Waals surface area contributed by atoms with E-state index in [1.807, 2.05) is 45.0 Å². The Morgan fingerprint density at radius 1 is 1.22 bits per heavy atom. The smallest absolute Gasteiger partial charge is 0.246 e. The van der Waals surface area contributed by atoms with Gasteiger partial charge in [0.15, 0.2) is 0 Å². The van der Waals surface area contributed by atoms with E-state index in [2.05, 4.69) is 10.4 Å². The summed E-state index contributed by atoms with van der Waals surface area (Å²) < 4.78 is 1.68. The van der Waals surface area contributed by atoms with Crippen molar-refractivity contribution >= 4 is 11.6 Å². The Labute approximate surface area is 107 Å². The number of aryl methyl sites for hydroxylation is 3. The Morgan fingerprint density at radius 3 is 2.44 bits per heavy atom. The number of benzene rings is 1. The van der Waals surface area contributed by atoms with Gasteiger partial charge in [0.25, 0.3) is 0 Å². The standard InChI is InChI=1S/C14H17N3O/c1-10-5-4-6-11(2)14(10)16-13(18)9-17-12(3)7-8-15-17/h4-8H,9H2,1-3H3,(H,16,18). The third kappa shape index (κ3) is 2.59. The molecule has 94 valence electrons. The SMILES string of the molecule is Cc1cccc(C)c1NC(=O)Cn1nccc1C. The number of carbonyl (C=O) groups excluding carboxylic acids is 1. The van der Waals surface area contributed by atoms with Crippen LogP contribution in [0.5, 0.6) is 0 Å². The van der Waals surface area contributed by atoms with Crippen LogP contribution in [-0.2, 0) is 11.3 Å². The van der Waals surface area contributed by atoms with Gasteiger partial charge < -0.3 is 5.32 Å². The predicted octanol–water partition coefficient (Wildman–Crippen LogP) is 2.45. The first-order valence-corrected chi connectivity index (χ1v) is 5.92. The summed E-state index contributed by atoms with van der Waals surface area (Å²) in [7, 11) is 0. The minimum atomic E-state index is -0.0563. The number of carbonyl (C=O) groups is 1. The van der Waals surface area contributed by atoms with Crippen LogP contribution in [-0.4, -0.2) is 15.7 Å². The van der Waals surface area contributed by atoms with Gasteiger partial charge in [-0.25, -0.2) is 0 Å². The molecule has 0 saturated heterocycles. The number of aromatic nitrogens is 2. The average molecular weight is 243 g/mol. The van der Waals surface area contributed by atoms with Crippen LogP contribution in [0.25, 0.3) is 0 Å². The summed E-state index contributed by atoms with van der Waals surface area (Å²) in [5.41, 5.74) is 4.01. The maximum Gasteiger partial charge on any atom is 0.246 e. The van der Waals surface area contributed by atoms with Crippen molar-refractivity contribution in [2.75, 3.05) is 5.32 Å². The zero-order valence-corrected chi connectivity index (χ0v) is 10.9. The van der Waals surface area contributed by atoms with Gasteiger partial charge in [-0.1, -0.05) is 18.2 Å². The van der Waals surface area contributed by atoms with Crippen molar-refractivity contribution in [1.82, 2.24) is 9.78 Å². The number of nitrogens with one attached hydrogen (secondary N) is 1. The van der Waals surface area contributed by atoms with Crippen molar-refractivity contribution < 1.29 is 4.79 Å². The monoisotopic (exact) mass is 243 g/mol. The van der Waals surface area contributed by atoms with E-state index in [4.69, 9.17) is 0 Å². The van der Waals surface area contributed by atoms with Gasteiger partial charge in [-0.05, 0) is 38.0 Å². The fraction of sp³-hybridized carbons (Fsp3) is 0.286. The van der Waals surface area contributed by atoms with E-state index >= 15 is 0 Å². The van der Waals surface area contributed by atoms with Crippen molar-refractivity contribution in [3.63, 3.8) is 0 Å². The van der Waals surface area contributed by atoms with Crippen molar-refractivity contribution in [2.24, 2.45) is 0 Å². The Kier molecular flexibility index (Phi) is 3.46. The second-order valence-corrected chi connectivity index (χ2v) is 4.45. The highest BCUT2D eigenvalue weighted by atomic mass is 16.2. The lowest BCUT2D eigenvalue weighted by Crippen LogP contribution is -2.21. The van der Waals surface area contributed by atoms with E-state index in [0.29, 0.717) is 0 Å². The molecule has 2 aromatic rings. The second kappa shape index (κ2) is 5.04. The highest BCUT2D eigenvalue weighted by Crippen LogP contribution is 2.19. The van der Waals surface area contributed by atoms with Crippen molar-refractivity contribution in [3.05, 3.63) is 47.3 Å². The molecule has 0 unspecified atom stereocenters. The minimum Gasteiger partial charge on any atom is -0.324 e. The molecule has 0 fully saturated rings. The second-order valence-electron chi connectivity index (χ2n) is 4.45. The molecule has 18 heavy (non-hydrogen) atoms. The minimum absolute atomic E-state index is 0.0563. The first-order valence-electron chi connectivity index (χ1n) is 5.92. The summed E-state index contributed by atoms with van der Waals surface area (Å²) in [5.74, 6) is -0.0563. The topological polar surface area (TPSA) is 46.9 Å². The van der Waals surface area contributed by atoms with Crippen LogP contribution in [0.1, 0.15) is 16.8 Å². The molecule has 0 radical (unpaired) electrons. The summed E-state index contributed by atoms with van der Waals surface area (Å²) in [6.07, 6.45) is 1.70. The molecular weight excluding hydrogens is 226 g/mol. The van der Waals surface area contributed by atoms with Gasteiger partial charge >= 0.3 is 0 Å². The molecule has 0 aliphatic carbocycles. The third-order valence-corrected chi connectivity index (χ3v) is 2.97. The van der Waals surface area contributed by atoms with Crippen molar-refractivity contribution in [3.8, 4) is 0 Å². The molecular formula is C14H17N3O. The van der Waals surface area contributed by atoms with Gasteiger partial charge in [-0.3, -0.25) is 9.48 Å². The molecule has 0 atom stereocenters. The molecule has 2 rings (SSSR count). The summed E-state index contributed by atoms with van der Waals surface area (Å²) in [6, 6.07) is 7.84. The highest BCUT2D eigenvalue weighted by Gasteiger charge is 2.08. The Hall–Kier alpha value is -2.10. The van der Waals surface area contributed by atoms with Gasteiger partial charge in [0.05, 0.1) is 0 Å². The molecule has 0 aliphatic rings. The third-order valence-electron chi connectivity index (χ3n) is 2.97. The lowest BCUT2D eigenvalue weighted by atomic mass is 10.1. The fourth-order valence-electron chi connectivity index (χ4n) is 1.89. The highest BCUT2D eigenvalue weighted by molar-refractivity contribution is 5.92. The summed E-state index contributed by atoms with van der Waals surface area (Å²) in [5, 5.41) is 7.04. The van der Waals surface area contributed by atoms with Gasteiger partial charge in [0.1, 0.15) is 6.54 Å². The number of hydrogen-bond acceptors (Lipinski definition) is 2. The van der Waals surface area contributed by atoms with Crippen molar-refractivity contribution in [2.45, 2.75) is 27.3 Å². The number of amides is 1. The number of rotatable bonds is 3. The van der Waals surface area contributed by atoms with Crippen LogP contribution < -0.4 is 5.32 Å². The van der Waals surface area contributed by atoms with Gasteiger partial charge in [0.2, 0.25) is 5.91 Å². The molecule has 1 amide bonds. The van der Waals surface area contributed by atoms with Crippen LogP contribution in [0.3, 0.4) is 0 Å². The number of nitrogens with zero attached hydrogens (tertiary/aromatic N) is 2. The van der Waals surface area contributed by atoms with Gasteiger partial charge in [0, 0.05) is 17.6 Å². The first kappa shape index (κ1) is 12.4. The number of anilines is 1. The molecule has 0 aliphatic heterocycles. The number of para-hydroxylation sites is 1. The van der Waals surface area contributed by atoms with E-state index < -0.39 is 0 Å². The van der Waals surface area contributed by atoms with Crippen LogP contribution in [0.2, 0.25) is 0 Å². The van der Waals surface area contributed by atoms with Crippen LogP contribution in [0.15, 0.2) is 30.5 Å². The molecule has 0 bridgehead atoms. The first-order chi connectivity index (χ1) is 8.58. The normalized spacial score (nSPS) is 10.4. The zero-order valence-electron chi connectivity index (χ0n) is 10.9. The van der Waals surface area contributed by atoms with E-state index in [9.17, 15) is 4.79 Å². The van der Waals surface area contributed by atoms with Crippen LogP contribution in [0, 0.1) is 20.8 Å². The average Bonchev–Trinajstić information content (AvgIpc) is 2.70. The lowest BCUT2D eigenvalue weighted by Gasteiger charge is -2.11. The summed E-state index contributed by atoms with van der Waals surface area (Å²) in [6.45, 7) is 6.15. The van der Waals surface area contributed by atoms with E-state index in [1.165, 1.54) is 0 Å². The quantitative estimate of drug-likeness (QED) is 0.900. The Morgan fingerprint density at radius 2 is 1.89 bits per heavy atom. The van der Waals surface area contributed by atoms with Crippen molar-refractivity contribution in [1.29, 1.82) is 0 Å². The molecule has 0 saturated carbocycles. The van der Waals surface area contributed by atoms with E-state index in [1.54, 1.807) is 10.9 Å². The molecule has 1 aromatic heterocycles. The number of hydrogen-bond donors (Lipinski definition) is 1. The Bertz CT molecular complexity index is 552. The lowest BCUT2D eigenvalue weighted by molar-refractivity contribution is -0.116. The molecule has 4 nitrogen and oxygen atoms in total. The molecule has 1 heterocycles. The molecule has 1 aromatic carbocycles. The maximum atomic E-state index is 12.0. The summed E-state index contributed by atoms with van der Waals surface area (Å²) >= 11 is 0. The maximum absolute atomic E-state index is 12.0. The molecule has 4 heteroatoms. The zero-order chi connectivity index (χ0) is 13.1. The van der Waals surface area contributed by atoms with E-state index in [0.717, 1.165) is 22.5 Å².